The van der Waals surface area contributed by atoms with Gasteiger partial charge in [-0.15, -0.1) is 0 Å². The second-order valence-corrected chi connectivity index (χ2v) is 8.64. The lowest BCUT2D eigenvalue weighted by Crippen LogP contribution is -2.54. The van der Waals surface area contributed by atoms with Gasteiger partial charge in [0, 0.05) is 0 Å². The fourth-order valence-electron chi connectivity index (χ4n) is 2.45. The number of methoxy groups -OCH3 is 1. The molecule has 0 aromatic rings. The predicted octanol–water partition coefficient (Wildman–Crippen LogP) is -0.327. The summed E-state index contributed by atoms with van der Waals surface area (Å²) in [5.41, 5.74) is -2.20. The van der Waals surface area contributed by atoms with Gasteiger partial charge in [-0.2, -0.15) is 8.42 Å². The van der Waals surface area contributed by atoms with Crippen LogP contribution in [0.2, 0.25) is 0 Å². The highest BCUT2D eigenvalue weighted by Crippen LogP contribution is 2.14. The number of rotatable bonds is 10. The molecule has 11 heteroatoms. The molecule has 0 saturated heterocycles. The van der Waals surface area contributed by atoms with E-state index >= 15 is 0 Å². The van der Waals surface area contributed by atoms with Gasteiger partial charge in [0.1, 0.15) is 12.0 Å². The summed E-state index contributed by atoms with van der Waals surface area (Å²) >= 11 is 0. The molecule has 0 radical (unpaired) electrons. The first-order valence-electron chi connectivity index (χ1n) is 8.55. The molecule has 0 aliphatic rings. The molecular formula is C16H30N2O8S. The molecule has 4 atom stereocenters. The molecule has 27 heavy (non-hydrogen) atoms. The van der Waals surface area contributed by atoms with E-state index in [9.17, 15) is 27.9 Å². The average molecular weight is 410 g/mol. The van der Waals surface area contributed by atoms with E-state index in [1.54, 1.807) is 27.7 Å². The molecule has 10 nitrogen and oxygen atoms in total. The predicted molar refractivity (Wildman–Crippen MR) is 96.9 cm³/mol. The van der Waals surface area contributed by atoms with Crippen LogP contribution in [0.5, 0.6) is 0 Å². The minimum atomic E-state index is -4.79. The summed E-state index contributed by atoms with van der Waals surface area (Å²) in [7, 11) is -3.64. The second kappa shape index (κ2) is 10.6. The summed E-state index contributed by atoms with van der Waals surface area (Å²) in [6.07, 6.45) is 0.0736. The van der Waals surface area contributed by atoms with E-state index in [4.69, 9.17) is 4.55 Å². The van der Waals surface area contributed by atoms with Gasteiger partial charge in [0.2, 0.25) is 17.3 Å². The maximum atomic E-state index is 12.3. The molecule has 0 fully saturated rings. The fourth-order valence-corrected chi connectivity index (χ4v) is 3.04. The van der Waals surface area contributed by atoms with Crippen LogP contribution in [-0.2, 0) is 29.2 Å². The largest absolute Gasteiger partial charge is 0.468 e. The van der Waals surface area contributed by atoms with Gasteiger partial charge in [-0.05, 0) is 25.2 Å². The highest BCUT2D eigenvalue weighted by molar-refractivity contribution is 7.86. The third kappa shape index (κ3) is 8.22. The molecule has 0 rings (SSSR count). The minimum absolute atomic E-state index is 0.0736. The number of aliphatic hydroxyl groups excluding tert-OH is 1. The van der Waals surface area contributed by atoms with Crippen molar-refractivity contribution in [1.29, 1.82) is 0 Å². The van der Waals surface area contributed by atoms with Gasteiger partial charge in [0.25, 0.3) is 10.1 Å². The van der Waals surface area contributed by atoms with Gasteiger partial charge in [-0.25, -0.2) is 0 Å². The van der Waals surface area contributed by atoms with Crippen LogP contribution in [0.15, 0.2) is 0 Å². The van der Waals surface area contributed by atoms with Gasteiger partial charge in [-0.3, -0.25) is 18.9 Å². The Kier molecular flexibility index (Phi) is 9.90. The average Bonchev–Trinajstić information content (AvgIpc) is 2.51. The van der Waals surface area contributed by atoms with E-state index in [2.05, 4.69) is 15.4 Å². The van der Waals surface area contributed by atoms with Crippen molar-refractivity contribution in [2.45, 2.75) is 58.6 Å². The molecule has 0 bridgehead atoms. The van der Waals surface area contributed by atoms with Crippen LogP contribution in [-0.4, -0.2) is 60.5 Å². The number of carbonyl (C=O) groups excluding carboxylic acids is 3. The van der Waals surface area contributed by atoms with Gasteiger partial charge in [-0.1, -0.05) is 27.7 Å². The maximum absolute atomic E-state index is 12.3. The summed E-state index contributed by atoms with van der Waals surface area (Å²) < 4.78 is 36.0. The highest BCUT2D eigenvalue weighted by atomic mass is 32.2. The second-order valence-electron chi connectivity index (χ2n) is 7.13. The summed E-state index contributed by atoms with van der Waals surface area (Å²) in [4.78, 5) is 36.3. The quantitative estimate of drug-likeness (QED) is 0.216. The van der Waals surface area contributed by atoms with E-state index in [0.717, 1.165) is 7.11 Å². The Bertz CT molecular complexity index is 632. The van der Waals surface area contributed by atoms with Gasteiger partial charge in [0.05, 0.1) is 13.2 Å². The van der Waals surface area contributed by atoms with Crippen LogP contribution in [0.25, 0.3) is 0 Å². The van der Waals surface area contributed by atoms with Gasteiger partial charge >= 0.3 is 5.97 Å². The molecule has 0 aromatic carbocycles. The van der Waals surface area contributed by atoms with Gasteiger partial charge in [0.15, 0.2) is 0 Å². The zero-order valence-electron chi connectivity index (χ0n) is 16.4. The van der Waals surface area contributed by atoms with Crippen molar-refractivity contribution in [3.8, 4) is 0 Å². The smallest absolute Gasteiger partial charge is 0.318 e. The number of aliphatic hydroxyl groups is 1. The van der Waals surface area contributed by atoms with Crippen molar-refractivity contribution in [1.82, 2.24) is 10.6 Å². The summed E-state index contributed by atoms with van der Waals surface area (Å²) in [5.74, 6) is -3.81. The van der Waals surface area contributed by atoms with Crippen LogP contribution < -0.4 is 10.6 Å². The molecule has 0 heterocycles. The van der Waals surface area contributed by atoms with Crippen molar-refractivity contribution in [2.24, 2.45) is 17.8 Å². The molecule has 0 spiro atoms. The van der Waals surface area contributed by atoms with Gasteiger partial charge < -0.3 is 20.5 Å². The van der Waals surface area contributed by atoms with Crippen LogP contribution >= 0.6 is 0 Å². The lowest BCUT2D eigenvalue weighted by Gasteiger charge is -2.26. The zero-order valence-corrected chi connectivity index (χ0v) is 17.2. The molecule has 0 saturated carbocycles. The molecule has 2 amide bonds. The number of hydrogen-bond acceptors (Lipinski definition) is 7. The van der Waals surface area contributed by atoms with E-state index in [0.29, 0.717) is 0 Å². The summed E-state index contributed by atoms with van der Waals surface area (Å²) in [6, 6.07) is -2.39. The minimum Gasteiger partial charge on any atom is -0.468 e. The SMILES string of the molecule is COC(=O)[C@H](C(=O)N[C@@H](C)C(=O)NC(CC(C)C)C(O)S(=O)(=O)O)C(C)C. The van der Waals surface area contributed by atoms with E-state index < -0.39 is 51.3 Å². The third-order valence-electron chi connectivity index (χ3n) is 3.86. The fraction of sp³-hybridized carbons (Fsp3) is 0.812. The molecular weight excluding hydrogens is 380 g/mol. The van der Waals surface area contributed by atoms with Crippen molar-refractivity contribution in [3.63, 3.8) is 0 Å². The number of amides is 2. The van der Waals surface area contributed by atoms with E-state index in [1.165, 1.54) is 6.92 Å². The number of ether oxygens (including phenoxy) is 1. The standard InChI is InChI=1S/C16H30N2O8S/c1-8(2)7-11(16(22)27(23,24)25)18-13(19)10(5)17-14(20)12(9(3)4)15(21)26-6/h8-12,16,22H,7H2,1-6H3,(H,17,20)(H,18,19)(H,23,24,25)/t10-,11?,12-,16?/m0/s1. The summed E-state index contributed by atoms with van der Waals surface area (Å²) in [5, 5.41) is 14.5. The van der Waals surface area contributed by atoms with Crippen LogP contribution in [0, 0.1) is 17.8 Å². The molecule has 0 aliphatic carbocycles. The number of hydrogen-bond donors (Lipinski definition) is 4. The van der Waals surface area contributed by atoms with Crippen LogP contribution in [0.3, 0.4) is 0 Å². The van der Waals surface area contributed by atoms with Crippen molar-refractivity contribution in [3.05, 3.63) is 0 Å². The van der Waals surface area contributed by atoms with Crippen LogP contribution in [0.4, 0.5) is 0 Å². The Morgan fingerprint density at radius 3 is 1.89 bits per heavy atom. The molecule has 158 valence electrons. The third-order valence-corrected chi connectivity index (χ3v) is 4.80. The number of esters is 1. The Balaban J connectivity index is 5.18. The number of nitrogens with one attached hydrogen (secondary N) is 2. The highest BCUT2D eigenvalue weighted by Gasteiger charge is 2.35. The summed E-state index contributed by atoms with van der Waals surface area (Å²) in [6.45, 7) is 8.11. The number of carbonyl (C=O) groups is 3. The van der Waals surface area contributed by atoms with E-state index in [-0.39, 0.29) is 18.3 Å². The van der Waals surface area contributed by atoms with Crippen LogP contribution in [0.1, 0.15) is 41.0 Å². The normalized spacial score (nSPS) is 16.4. The Morgan fingerprint density at radius 1 is 1.00 bits per heavy atom. The molecule has 0 aliphatic heterocycles. The Morgan fingerprint density at radius 2 is 1.52 bits per heavy atom. The molecule has 0 aromatic heterocycles. The topological polar surface area (TPSA) is 159 Å². The Hall–Kier alpha value is -1.72. The zero-order chi connectivity index (χ0) is 21.5. The van der Waals surface area contributed by atoms with Crippen molar-refractivity contribution in [2.75, 3.05) is 7.11 Å². The molecule has 4 N–H and O–H groups in total. The van der Waals surface area contributed by atoms with Crippen molar-refractivity contribution < 1.29 is 37.2 Å². The Labute approximate surface area is 159 Å². The monoisotopic (exact) mass is 410 g/mol. The lowest BCUT2D eigenvalue weighted by atomic mass is 9.94. The first-order valence-corrected chi connectivity index (χ1v) is 10.1. The lowest BCUT2D eigenvalue weighted by molar-refractivity contribution is -0.152. The first kappa shape index (κ1) is 25.3. The van der Waals surface area contributed by atoms with Crippen molar-refractivity contribution >= 4 is 27.9 Å². The first-order chi connectivity index (χ1) is 12.2. The maximum Gasteiger partial charge on any atom is 0.318 e. The van der Waals surface area contributed by atoms with E-state index in [1.807, 2.05) is 0 Å². The molecule has 2 unspecified atom stereocenters.